The maximum absolute atomic E-state index is 13.4. The molecule has 0 unspecified atom stereocenters. The molecule has 1 heterocycles. The zero-order valence-corrected chi connectivity index (χ0v) is 19.8. The molecule has 0 spiro atoms. The lowest BCUT2D eigenvalue weighted by atomic mass is 10.1. The highest BCUT2D eigenvalue weighted by Crippen LogP contribution is 2.40. The van der Waals surface area contributed by atoms with Gasteiger partial charge in [0.2, 0.25) is 0 Å². The van der Waals surface area contributed by atoms with Crippen molar-refractivity contribution in [3.63, 3.8) is 0 Å². The average Bonchev–Trinajstić information content (AvgIpc) is 3.22. The number of anilines is 2. The van der Waals surface area contributed by atoms with E-state index >= 15 is 0 Å². The number of carbonyl (C=O) groups is 1. The Morgan fingerprint density at radius 1 is 1.12 bits per heavy atom. The number of phenols is 1. The van der Waals surface area contributed by atoms with Crippen LogP contribution in [-0.2, 0) is 23.0 Å². The maximum atomic E-state index is 13.4. The Labute approximate surface area is 201 Å². The van der Waals surface area contributed by atoms with Gasteiger partial charge in [-0.05, 0) is 41.6 Å². The van der Waals surface area contributed by atoms with Gasteiger partial charge in [0.15, 0.2) is 0 Å². The van der Waals surface area contributed by atoms with Crippen molar-refractivity contribution in [2.75, 3.05) is 10.0 Å². The number of aryl methyl sites for hydroxylation is 1. The number of rotatable bonds is 8. The summed E-state index contributed by atoms with van der Waals surface area (Å²) in [6.45, 7) is 2.25. The summed E-state index contributed by atoms with van der Waals surface area (Å²) in [5.74, 6) is -1.60. The Hall–Kier alpha value is -3.69. The minimum Gasteiger partial charge on any atom is -0.505 e. The molecule has 8 nitrogen and oxygen atoms in total. The Kier molecular flexibility index (Phi) is 6.41. The van der Waals surface area contributed by atoms with Crippen LogP contribution in [0, 0.1) is 0 Å². The predicted octanol–water partition coefficient (Wildman–Crippen LogP) is 4.60. The minimum absolute atomic E-state index is 0.0465. The second-order valence-electron chi connectivity index (χ2n) is 7.72. The first-order valence-corrected chi connectivity index (χ1v) is 12.3. The van der Waals surface area contributed by atoms with Gasteiger partial charge in [0.1, 0.15) is 15.7 Å². The molecule has 6 N–H and O–H groups in total. The van der Waals surface area contributed by atoms with Crippen LogP contribution in [0.5, 0.6) is 5.75 Å². The number of H-pyrrole nitrogens is 1. The summed E-state index contributed by atoms with van der Waals surface area (Å²) >= 11 is 6.30. The number of aromatic nitrogens is 1. The van der Waals surface area contributed by atoms with Gasteiger partial charge >= 0.3 is 0 Å². The molecule has 0 bridgehead atoms. The first-order chi connectivity index (χ1) is 16.2. The van der Waals surface area contributed by atoms with Gasteiger partial charge in [-0.1, -0.05) is 54.9 Å². The molecule has 0 saturated carbocycles. The quantitative estimate of drug-likeness (QED) is 0.242. The molecule has 0 atom stereocenters. The number of aromatic hydroxyl groups is 1. The number of primary amides is 1. The van der Waals surface area contributed by atoms with E-state index < -0.39 is 27.2 Å². The third-order valence-electron chi connectivity index (χ3n) is 5.38. The van der Waals surface area contributed by atoms with Crippen molar-refractivity contribution in [3.8, 4) is 5.75 Å². The van der Waals surface area contributed by atoms with Gasteiger partial charge in [-0.3, -0.25) is 9.52 Å². The molecule has 0 fully saturated rings. The van der Waals surface area contributed by atoms with Crippen molar-refractivity contribution in [2.45, 2.75) is 24.8 Å². The van der Waals surface area contributed by atoms with E-state index in [1.54, 1.807) is 18.2 Å². The minimum atomic E-state index is -4.24. The summed E-state index contributed by atoms with van der Waals surface area (Å²) in [7, 11) is -4.24. The van der Waals surface area contributed by atoms with E-state index in [0.29, 0.717) is 5.69 Å². The van der Waals surface area contributed by atoms with Crippen molar-refractivity contribution in [1.29, 1.82) is 0 Å². The van der Waals surface area contributed by atoms with Gasteiger partial charge < -0.3 is 21.1 Å². The van der Waals surface area contributed by atoms with Crippen LogP contribution in [0.1, 0.15) is 28.5 Å². The lowest BCUT2D eigenvalue weighted by Crippen LogP contribution is -2.19. The molecule has 4 aromatic rings. The second-order valence-corrected chi connectivity index (χ2v) is 9.75. The molecule has 34 heavy (non-hydrogen) atoms. The van der Waals surface area contributed by atoms with Gasteiger partial charge in [-0.25, -0.2) is 8.42 Å². The van der Waals surface area contributed by atoms with Crippen molar-refractivity contribution in [1.82, 2.24) is 4.98 Å². The molecule has 0 radical (unpaired) electrons. The van der Waals surface area contributed by atoms with Gasteiger partial charge in [-0.15, -0.1) is 0 Å². The van der Waals surface area contributed by atoms with E-state index in [1.165, 1.54) is 0 Å². The van der Waals surface area contributed by atoms with Gasteiger partial charge in [0, 0.05) is 17.8 Å². The number of sulfonamides is 1. The van der Waals surface area contributed by atoms with Gasteiger partial charge in [0.05, 0.1) is 16.9 Å². The normalized spacial score (nSPS) is 11.5. The van der Waals surface area contributed by atoms with E-state index in [1.807, 2.05) is 43.3 Å². The van der Waals surface area contributed by atoms with Crippen molar-refractivity contribution in [3.05, 3.63) is 82.5 Å². The van der Waals surface area contributed by atoms with Gasteiger partial charge in [0.25, 0.3) is 15.9 Å². The highest BCUT2D eigenvalue weighted by molar-refractivity contribution is 7.93. The summed E-state index contributed by atoms with van der Waals surface area (Å²) in [6, 6.07) is 17.4. The Morgan fingerprint density at radius 2 is 1.85 bits per heavy atom. The fourth-order valence-corrected chi connectivity index (χ4v) is 5.21. The van der Waals surface area contributed by atoms with Crippen LogP contribution < -0.4 is 15.8 Å². The van der Waals surface area contributed by atoms with E-state index in [2.05, 4.69) is 15.0 Å². The Morgan fingerprint density at radius 3 is 2.53 bits per heavy atom. The number of carbonyl (C=O) groups excluding carboxylic acids is 1. The van der Waals surface area contributed by atoms with Crippen LogP contribution in [0.25, 0.3) is 10.9 Å². The summed E-state index contributed by atoms with van der Waals surface area (Å²) in [6.07, 6.45) is 0.814. The topological polar surface area (TPSA) is 137 Å². The largest absolute Gasteiger partial charge is 0.505 e. The first-order valence-electron chi connectivity index (χ1n) is 10.5. The molecule has 0 aliphatic heterocycles. The zero-order valence-electron chi connectivity index (χ0n) is 18.2. The third-order valence-corrected chi connectivity index (χ3v) is 7.16. The number of aromatic amines is 1. The number of nitrogens with two attached hydrogens (primary N) is 1. The molecule has 0 saturated heterocycles. The van der Waals surface area contributed by atoms with E-state index in [9.17, 15) is 18.3 Å². The molecule has 0 aliphatic rings. The van der Waals surface area contributed by atoms with Crippen LogP contribution >= 0.6 is 11.6 Å². The summed E-state index contributed by atoms with van der Waals surface area (Å²) in [5, 5.41) is 14.0. The summed E-state index contributed by atoms with van der Waals surface area (Å²) in [4.78, 5) is 14.8. The highest BCUT2D eigenvalue weighted by Gasteiger charge is 2.27. The molecule has 1 aromatic heterocycles. The number of amides is 1. The summed E-state index contributed by atoms with van der Waals surface area (Å²) in [5.41, 5.74) is 7.88. The fraction of sp³-hybridized carbons (Fsp3) is 0.125. The highest BCUT2D eigenvalue weighted by atomic mass is 35.5. The van der Waals surface area contributed by atoms with E-state index in [-0.39, 0.29) is 22.2 Å². The zero-order chi connectivity index (χ0) is 24.5. The van der Waals surface area contributed by atoms with E-state index in [0.717, 1.165) is 34.6 Å². The molecular weight excluding hydrogens is 476 g/mol. The molecule has 0 aliphatic carbocycles. The van der Waals surface area contributed by atoms with Crippen LogP contribution in [0.2, 0.25) is 5.02 Å². The summed E-state index contributed by atoms with van der Waals surface area (Å²) < 4.78 is 29.4. The molecule has 4 rings (SSSR count). The first kappa shape index (κ1) is 23.5. The number of benzene rings is 3. The molecular formula is C24H23ClN4O4S. The second kappa shape index (κ2) is 9.28. The Balaban J connectivity index is 1.76. The number of halogens is 1. The van der Waals surface area contributed by atoms with Crippen LogP contribution in [-0.4, -0.2) is 24.4 Å². The maximum Gasteiger partial charge on any atom is 0.264 e. The number of fused-ring (bicyclic) bond motifs is 1. The van der Waals surface area contributed by atoms with Crippen LogP contribution in [0.15, 0.2) is 65.6 Å². The lowest BCUT2D eigenvalue weighted by molar-refractivity contribution is 0.0997. The number of hydrogen-bond donors (Lipinski definition) is 5. The molecule has 176 valence electrons. The average molecular weight is 499 g/mol. The van der Waals surface area contributed by atoms with E-state index in [4.69, 9.17) is 17.3 Å². The SMILES string of the molecule is CCc1cc2ccc(NS(=O)(=O)c3cc(C(N)=O)c(O)c(Cl)c3NCc3ccccc3)cc2[nH]1. The number of hydrogen-bond acceptors (Lipinski definition) is 5. The van der Waals surface area contributed by atoms with Gasteiger partial charge in [-0.2, -0.15) is 0 Å². The van der Waals surface area contributed by atoms with Crippen molar-refractivity contribution >= 4 is 49.8 Å². The Bertz CT molecular complexity index is 1480. The fourth-order valence-electron chi connectivity index (χ4n) is 3.62. The predicted molar refractivity (Wildman–Crippen MR) is 134 cm³/mol. The lowest BCUT2D eigenvalue weighted by Gasteiger charge is -2.18. The van der Waals surface area contributed by atoms with Crippen LogP contribution in [0.4, 0.5) is 11.4 Å². The standard InChI is InChI=1S/C24H23ClN4O4S/c1-2-16-10-15-8-9-17(11-19(15)28-16)29-34(32,33)20-12-18(24(26)31)23(30)21(25)22(20)27-13-14-6-4-3-5-7-14/h3-12,27-30H,2,13H2,1H3,(H2,26,31). The molecule has 3 aromatic carbocycles. The smallest absolute Gasteiger partial charge is 0.264 e. The monoisotopic (exact) mass is 498 g/mol. The molecule has 1 amide bonds. The van der Waals surface area contributed by atoms with Crippen LogP contribution in [0.3, 0.4) is 0 Å². The third kappa shape index (κ3) is 4.66. The van der Waals surface area contributed by atoms with Crippen molar-refractivity contribution in [2.24, 2.45) is 5.73 Å². The molecule has 10 heteroatoms. The van der Waals surface area contributed by atoms with Crippen molar-refractivity contribution < 1.29 is 18.3 Å². The number of nitrogens with one attached hydrogen (secondary N) is 3.